The molecule has 11 heteroatoms. The Morgan fingerprint density at radius 1 is 1.00 bits per heavy atom. The standard InChI is InChI=1S/C28H30N2O9/c1-17-24(27(32)36-4)26(21-6-5-7-22(16-21)30(34)35)25(18(2)29-17)28(33)39-15-14-38-23-10-8-20(9-11-23)12-13-37-19(3)31/h5-11,16,24,26H,12-15H2,1-4H3. The SMILES string of the molecule is COC(=O)C1C(C)=NC(C)=C(C(=O)OCCOc2ccc(CCOC(C)=O)cc2)C1c1cccc([N+](=O)[O-])c1. The van der Waals surface area contributed by atoms with E-state index in [4.69, 9.17) is 18.9 Å². The number of rotatable bonds is 11. The molecule has 0 saturated carbocycles. The highest BCUT2D eigenvalue weighted by atomic mass is 16.6. The van der Waals surface area contributed by atoms with Crippen molar-refractivity contribution in [3.63, 3.8) is 0 Å². The van der Waals surface area contributed by atoms with Gasteiger partial charge < -0.3 is 18.9 Å². The number of hydrogen-bond acceptors (Lipinski definition) is 10. The first-order valence-electron chi connectivity index (χ1n) is 12.2. The molecule has 11 nitrogen and oxygen atoms in total. The molecule has 1 heterocycles. The molecule has 0 aliphatic carbocycles. The molecule has 39 heavy (non-hydrogen) atoms. The largest absolute Gasteiger partial charge is 0.490 e. The molecule has 1 aliphatic heterocycles. The fraction of sp³-hybridized carbons (Fsp3) is 0.357. The number of esters is 3. The number of aliphatic imine (C=N–C) groups is 1. The van der Waals surface area contributed by atoms with E-state index in [1.54, 1.807) is 32.0 Å². The van der Waals surface area contributed by atoms with Crippen LogP contribution in [0.3, 0.4) is 0 Å². The average Bonchev–Trinajstić information content (AvgIpc) is 2.90. The van der Waals surface area contributed by atoms with Crippen molar-refractivity contribution in [2.45, 2.75) is 33.1 Å². The molecule has 0 spiro atoms. The number of methoxy groups -OCH3 is 1. The minimum Gasteiger partial charge on any atom is -0.490 e. The van der Waals surface area contributed by atoms with Crippen LogP contribution in [0.2, 0.25) is 0 Å². The van der Waals surface area contributed by atoms with E-state index in [0.717, 1.165) is 5.56 Å². The van der Waals surface area contributed by atoms with Gasteiger partial charge in [0.25, 0.3) is 5.69 Å². The molecular formula is C28H30N2O9. The summed E-state index contributed by atoms with van der Waals surface area (Å²) in [5, 5.41) is 11.4. The van der Waals surface area contributed by atoms with E-state index in [9.17, 15) is 24.5 Å². The van der Waals surface area contributed by atoms with E-state index in [1.165, 1.54) is 32.2 Å². The molecule has 2 unspecified atom stereocenters. The number of hydrogen-bond donors (Lipinski definition) is 0. The lowest BCUT2D eigenvalue weighted by molar-refractivity contribution is -0.384. The Morgan fingerprint density at radius 3 is 2.36 bits per heavy atom. The van der Waals surface area contributed by atoms with Gasteiger partial charge in [-0.2, -0.15) is 0 Å². The van der Waals surface area contributed by atoms with E-state index in [1.807, 2.05) is 12.1 Å². The number of nitro groups is 1. The van der Waals surface area contributed by atoms with Crippen LogP contribution in [0, 0.1) is 16.0 Å². The van der Waals surface area contributed by atoms with E-state index < -0.39 is 28.7 Å². The smallest absolute Gasteiger partial charge is 0.336 e. The third-order valence-electron chi connectivity index (χ3n) is 6.15. The van der Waals surface area contributed by atoms with Crippen LogP contribution in [0.25, 0.3) is 0 Å². The monoisotopic (exact) mass is 538 g/mol. The number of benzene rings is 2. The average molecular weight is 539 g/mol. The lowest BCUT2D eigenvalue weighted by Crippen LogP contribution is -2.36. The number of nitrogens with zero attached hydrogens (tertiary/aromatic N) is 2. The van der Waals surface area contributed by atoms with E-state index >= 15 is 0 Å². The summed E-state index contributed by atoms with van der Waals surface area (Å²) in [6, 6.07) is 13.0. The van der Waals surface area contributed by atoms with Crippen LogP contribution in [-0.2, 0) is 35.0 Å². The maximum atomic E-state index is 13.3. The van der Waals surface area contributed by atoms with Gasteiger partial charge in [0, 0.05) is 42.8 Å². The lowest BCUT2D eigenvalue weighted by atomic mass is 9.75. The number of carbonyl (C=O) groups excluding carboxylic acids is 3. The van der Waals surface area contributed by atoms with Crippen molar-refractivity contribution in [2.75, 3.05) is 26.9 Å². The third-order valence-corrected chi connectivity index (χ3v) is 6.15. The Hall–Kier alpha value is -4.54. The van der Waals surface area contributed by atoms with Crippen molar-refractivity contribution in [3.8, 4) is 5.75 Å². The minimum absolute atomic E-state index is 0.0645. The van der Waals surface area contributed by atoms with Crippen LogP contribution in [0.5, 0.6) is 5.75 Å². The van der Waals surface area contributed by atoms with Crippen LogP contribution >= 0.6 is 0 Å². The highest BCUT2D eigenvalue weighted by Gasteiger charge is 2.42. The second-order valence-electron chi connectivity index (χ2n) is 8.80. The zero-order chi connectivity index (χ0) is 28.5. The fourth-order valence-electron chi connectivity index (χ4n) is 4.36. The van der Waals surface area contributed by atoms with Gasteiger partial charge in [-0.25, -0.2) is 4.79 Å². The molecule has 2 aromatic rings. The summed E-state index contributed by atoms with van der Waals surface area (Å²) in [6.07, 6.45) is 0.576. The fourth-order valence-corrected chi connectivity index (χ4v) is 4.36. The van der Waals surface area contributed by atoms with Gasteiger partial charge >= 0.3 is 17.9 Å². The predicted molar refractivity (Wildman–Crippen MR) is 140 cm³/mol. The van der Waals surface area contributed by atoms with Crippen LogP contribution in [0.15, 0.2) is 64.8 Å². The van der Waals surface area contributed by atoms with Gasteiger partial charge in [0.15, 0.2) is 0 Å². The van der Waals surface area contributed by atoms with Crippen LogP contribution < -0.4 is 4.74 Å². The van der Waals surface area contributed by atoms with Crippen molar-refractivity contribution in [1.29, 1.82) is 0 Å². The maximum Gasteiger partial charge on any atom is 0.336 e. The molecule has 206 valence electrons. The molecule has 2 aromatic carbocycles. The Bertz CT molecular complexity index is 1300. The van der Waals surface area contributed by atoms with Gasteiger partial charge in [-0.05, 0) is 37.1 Å². The molecule has 0 bridgehead atoms. The molecule has 0 aromatic heterocycles. The van der Waals surface area contributed by atoms with Gasteiger partial charge in [-0.15, -0.1) is 0 Å². The molecule has 0 amide bonds. The molecule has 1 aliphatic rings. The second kappa shape index (κ2) is 13.3. The molecular weight excluding hydrogens is 508 g/mol. The summed E-state index contributed by atoms with van der Waals surface area (Å²) < 4.78 is 21.0. The lowest BCUT2D eigenvalue weighted by Gasteiger charge is -2.31. The normalized spacial score (nSPS) is 16.7. The molecule has 0 N–H and O–H groups in total. The van der Waals surface area contributed by atoms with Crippen LogP contribution in [0.4, 0.5) is 5.69 Å². The van der Waals surface area contributed by atoms with Gasteiger partial charge in [-0.3, -0.25) is 24.7 Å². The van der Waals surface area contributed by atoms with Gasteiger partial charge in [0.2, 0.25) is 0 Å². The van der Waals surface area contributed by atoms with Crippen molar-refractivity contribution >= 4 is 29.3 Å². The number of carbonyl (C=O) groups is 3. The van der Waals surface area contributed by atoms with Crippen molar-refractivity contribution in [1.82, 2.24) is 0 Å². The van der Waals surface area contributed by atoms with Crippen LogP contribution in [-0.4, -0.2) is 55.5 Å². The summed E-state index contributed by atoms with van der Waals surface area (Å²) in [5.74, 6) is -2.94. The van der Waals surface area contributed by atoms with E-state index in [-0.39, 0.29) is 30.4 Å². The first kappa shape index (κ1) is 29.0. The molecule has 0 fully saturated rings. The number of allylic oxidation sites excluding steroid dienone is 1. The van der Waals surface area contributed by atoms with Gasteiger partial charge in [-0.1, -0.05) is 24.3 Å². The van der Waals surface area contributed by atoms with E-state index in [2.05, 4.69) is 4.99 Å². The zero-order valence-electron chi connectivity index (χ0n) is 22.2. The van der Waals surface area contributed by atoms with Gasteiger partial charge in [0.1, 0.15) is 24.9 Å². The minimum atomic E-state index is -0.959. The summed E-state index contributed by atoms with van der Waals surface area (Å²) in [4.78, 5) is 52.1. The first-order valence-corrected chi connectivity index (χ1v) is 12.2. The molecule has 2 atom stereocenters. The summed E-state index contributed by atoms with van der Waals surface area (Å²) in [5.41, 5.74) is 2.08. The maximum absolute atomic E-state index is 13.3. The van der Waals surface area contributed by atoms with Crippen LogP contribution in [0.1, 0.15) is 37.8 Å². The van der Waals surface area contributed by atoms with E-state index in [0.29, 0.717) is 35.7 Å². The Balaban J connectivity index is 1.71. The van der Waals surface area contributed by atoms with Crippen molar-refractivity contribution in [2.24, 2.45) is 10.9 Å². The third kappa shape index (κ3) is 7.50. The molecule has 3 rings (SSSR count). The molecule has 0 saturated heterocycles. The molecule has 0 radical (unpaired) electrons. The van der Waals surface area contributed by atoms with Crippen molar-refractivity contribution < 1.29 is 38.3 Å². The highest BCUT2D eigenvalue weighted by Crippen LogP contribution is 2.40. The van der Waals surface area contributed by atoms with Gasteiger partial charge in [0.05, 0.1) is 24.2 Å². The quantitative estimate of drug-likeness (QED) is 0.137. The zero-order valence-corrected chi connectivity index (χ0v) is 22.2. The summed E-state index contributed by atoms with van der Waals surface area (Å²) >= 11 is 0. The Morgan fingerprint density at radius 2 is 1.72 bits per heavy atom. The summed E-state index contributed by atoms with van der Waals surface area (Å²) in [6.45, 7) is 4.89. The number of ether oxygens (including phenoxy) is 4. The predicted octanol–water partition coefficient (Wildman–Crippen LogP) is 3.94. The topological polar surface area (TPSA) is 144 Å². The Labute approximate surface area is 225 Å². The number of non-ortho nitro benzene ring substituents is 1. The highest BCUT2D eigenvalue weighted by molar-refractivity contribution is 6.07. The number of nitro benzene ring substituents is 1. The Kier molecular flexibility index (Phi) is 9.91. The second-order valence-corrected chi connectivity index (χ2v) is 8.80. The summed E-state index contributed by atoms with van der Waals surface area (Å²) in [7, 11) is 1.23. The first-order chi connectivity index (χ1) is 18.6. The van der Waals surface area contributed by atoms with Crippen molar-refractivity contribution in [3.05, 3.63) is 81.0 Å².